The number of hydrogen-bond donors (Lipinski definition) is 1. The van der Waals surface area contributed by atoms with Gasteiger partial charge in [-0.25, -0.2) is 8.42 Å². The van der Waals surface area contributed by atoms with Gasteiger partial charge in [-0.05, 0) is 49.9 Å². The van der Waals surface area contributed by atoms with Gasteiger partial charge in [0, 0.05) is 24.7 Å². The van der Waals surface area contributed by atoms with E-state index in [1.165, 1.54) is 11.2 Å². The molecule has 1 saturated heterocycles. The molecule has 0 saturated carbocycles. The van der Waals surface area contributed by atoms with Gasteiger partial charge in [-0.2, -0.15) is 0 Å². The number of thioether (sulfide) groups is 1. The highest BCUT2D eigenvalue weighted by Crippen LogP contribution is 2.32. The molecule has 26 heavy (non-hydrogen) atoms. The maximum Gasteiger partial charge on any atom is 0.244 e. The van der Waals surface area contributed by atoms with Crippen LogP contribution in [0, 0.1) is 0 Å². The topological polar surface area (TPSA) is 75.7 Å². The van der Waals surface area contributed by atoms with Crippen LogP contribution in [0.2, 0.25) is 0 Å². The minimum absolute atomic E-state index is 0. The molecule has 0 aliphatic carbocycles. The van der Waals surface area contributed by atoms with Gasteiger partial charge >= 0.3 is 0 Å². The molecule has 6 nitrogen and oxygen atoms in total. The summed E-state index contributed by atoms with van der Waals surface area (Å²) in [7, 11) is -0.235. The number of nitrogens with zero attached hydrogens (tertiary/aromatic N) is 1. The average molecular weight is 423 g/mol. The Morgan fingerprint density at radius 3 is 2.46 bits per heavy atom. The van der Waals surface area contributed by atoms with Crippen LogP contribution >= 0.6 is 24.2 Å². The Bertz CT molecular complexity index is 734. The SMILES string of the molecule is COc1cc(CN(C)C(=O)C2(S(C)(=O)=O)CCNCC2)ccc1SC.Cl. The van der Waals surface area contributed by atoms with Crippen molar-refractivity contribution in [2.45, 2.75) is 29.0 Å². The summed E-state index contributed by atoms with van der Waals surface area (Å²) in [6.07, 6.45) is 3.76. The number of ether oxygens (including phenoxy) is 1. The van der Waals surface area contributed by atoms with Crippen LogP contribution in [0.15, 0.2) is 23.1 Å². The van der Waals surface area contributed by atoms with Crippen molar-refractivity contribution >= 4 is 39.9 Å². The fourth-order valence-corrected chi connectivity index (χ4v) is 5.21. The van der Waals surface area contributed by atoms with Crippen molar-refractivity contribution < 1.29 is 17.9 Å². The molecule has 0 aromatic heterocycles. The van der Waals surface area contributed by atoms with Gasteiger partial charge in [0.1, 0.15) is 5.75 Å². The fraction of sp³-hybridized carbons (Fsp3) is 0.588. The third-order valence-electron chi connectivity index (χ3n) is 4.73. The van der Waals surface area contributed by atoms with Crippen LogP contribution in [0.5, 0.6) is 5.75 Å². The smallest absolute Gasteiger partial charge is 0.244 e. The highest BCUT2D eigenvalue weighted by atomic mass is 35.5. The van der Waals surface area contributed by atoms with Gasteiger partial charge in [-0.1, -0.05) is 6.07 Å². The molecule has 2 rings (SSSR count). The number of carbonyl (C=O) groups is 1. The first kappa shape index (κ1) is 23.1. The van der Waals surface area contributed by atoms with Gasteiger partial charge in [-0.3, -0.25) is 4.79 Å². The Kier molecular flexibility index (Phi) is 8.26. The predicted octanol–water partition coefficient (Wildman–Crippen LogP) is 1.96. The number of carbonyl (C=O) groups excluding carboxylic acids is 1. The summed E-state index contributed by atoms with van der Waals surface area (Å²) in [5.74, 6) is 0.426. The average Bonchev–Trinajstić information content (AvgIpc) is 2.60. The molecule has 1 aliphatic heterocycles. The third kappa shape index (κ3) is 4.65. The zero-order chi connectivity index (χ0) is 18.7. The maximum absolute atomic E-state index is 13.0. The number of halogens is 1. The van der Waals surface area contributed by atoms with Crippen LogP contribution < -0.4 is 10.1 Å². The van der Waals surface area contributed by atoms with E-state index in [4.69, 9.17) is 4.74 Å². The molecule has 0 radical (unpaired) electrons. The van der Waals surface area contributed by atoms with E-state index in [9.17, 15) is 13.2 Å². The second-order valence-corrected chi connectivity index (χ2v) is 9.54. The van der Waals surface area contributed by atoms with E-state index in [0.717, 1.165) is 16.2 Å². The van der Waals surface area contributed by atoms with Crippen molar-refractivity contribution in [3.63, 3.8) is 0 Å². The lowest BCUT2D eigenvalue weighted by Crippen LogP contribution is -2.57. The van der Waals surface area contributed by atoms with E-state index < -0.39 is 14.6 Å². The maximum atomic E-state index is 13.0. The van der Waals surface area contributed by atoms with Gasteiger partial charge in [0.2, 0.25) is 5.91 Å². The molecule has 1 aliphatic rings. The summed E-state index contributed by atoms with van der Waals surface area (Å²) < 4.78 is 28.8. The fourth-order valence-electron chi connectivity index (χ4n) is 3.25. The van der Waals surface area contributed by atoms with Gasteiger partial charge < -0.3 is 15.0 Å². The minimum Gasteiger partial charge on any atom is -0.496 e. The Balaban J connectivity index is 0.00000338. The zero-order valence-electron chi connectivity index (χ0n) is 15.6. The number of nitrogens with one attached hydrogen (secondary N) is 1. The van der Waals surface area contributed by atoms with Crippen molar-refractivity contribution in [2.24, 2.45) is 0 Å². The Labute approximate surface area is 166 Å². The quantitative estimate of drug-likeness (QED) is 0.706. The van der Waals surface area contributed by atoms with E-state index in [0.29, 0.717) is 32.5 Å². The first-order valence-electron chi connectivity index (χ1n) is 8.12. The molecule has 1 amide bonds. The van der Waals surface area contributed by atoms with E-state index in [1.54, 1.807) is 25.9 Å². The van der Waals surface area contributed by atoms with Gasteiger partial charge in [0.05, 0.1) is 7.11 Å². The zero-order valence-corrected chi connectivity index (χ0v) is 18.0. The molecular weight excluding hydrogens is 396 g/mol. The molecule has 1 heterocycles. The van der Waals surface area contributed by atoms with E-state index in [-0.39, 0.29) is 18.3 Å². The van der Waals surface area contributed by atoms with E-state index >= 15 is 0 Å². The third-order valence-corrected chi connectivity index (χ3v) is 7.50. The van der Waals surface area contributed by atoms with Crippen LogP contribution in [0.3, 0.4) is 0 Å². The summed E-state index contributed by atoms with van der Waals surface area (Å²) >= 11 is 1.59. The second kappa shape index (κ2) is 9.30. The number of hydrogen-bond acceptors (Lipinski definition) is 6. The monoisotopic (exact) mass is 422 g/mol. The highest BCUT2D eigenvalue weighted by Gasteiger charge is 2.49. The van der Waals surface area contributed by atoms with Crippen LogP contribution in [0.1, 0.15) is 18.4 Å². The Morgan fingerprint density at radius 1 is 1.35 bits per heavy atom. The molecule has 0 spiro atoms. The van der Waals surface area contributed by atoms with E-state index in [2.05, 4.69) is 5.32 Å². The summed E-state index contributed by atoms with van der Waals surface area (Å²) in [6.45, 7) is 1.40. The summed E-state index contributed by atoms with van der Waals surface area (Å²) in [5, 5.41) is 3.13. The van der Waals surface area contributed by atoms with Gasteiger partial charge in [-0.15, -0.1) is 24.2 Å². The molecule has 1 aromatic carbocycles. The summed E-state index contributed by atoms with van der Waals surface area (Å²) in [5.41, 5.74) is 0.906. The van der Waals surface area contributed by atoms with E-state index in [1.807, 2.05) is 24.5 Å². The molecule has 0 atom stereocenters. The van der Waals surface area contributed by atoms with Crippen molar-refractivity contribution in [1.29, 1.82) is 0 Å². The predicted molar refractivity (Wildman–Crippen MR) is 108 cm³/mol. The molecule has 1 N–H and O–H groups in total. The first-order chi connectivity index (χ1) is 11.7. The summed E-state index contributed by atoms with van der Waals surface area (Å²) in [4.78, 5) is 15.6. The van der Waals surface area contributed by atoms with Crippen molar-refractivity contribution in [3.05, 3.63) is 23.8 Å². The lowest BCUT2D eigenvalue weighted by atomic mass is 9.95. The lowest BCUT2D eigenvalue weighted by Gasteiger charge is -2.37. The molecular formula is C17H27ClN2O4S2. The molecule has 1 fully saturated rings. The molecule has 1 aromatic rings. The van der Waals surface area contributed by atoms with Crippen LogP contribution in [-0.2, 0) is 21.2 Å². The second-order valence-electron chi connectivity index (χ2n) is 6.37. The Morgan fingerprint density at radius 2 is 1.96 bits per heavy atom. The number of rotatable bonds is 6. The normalized spacial score (nSPS) is 16.5. The largest absolute Gasteiger partial charge is 0.496 e. The highest BCUT2D eigenvalue weighted by molar-refractivity contribution is 7.98. The van der Waals surface area contributed by atoms with Gasteiger partial charge in [0.15, 0.2) is 14.6 Å². The van der Waals surface area contributed by atoms with Crippen molar-refractivity contribution in [2.75, 3.05) is 39.8 Å². The van der Waals surface area contributed by atoms with Crippen LogP contribution in [0.4, 0.5) is 0 Å². The Hall–Kier alpha value is -0.960. The van der Waals surface area contributed by atoms with Crippen molar-refractivity contribution in [3.8, 4) is 5.75 Å². The van der Waals surface area contributed by atoms with Gasteiger partial charge in [0.25, 0.3) is 0 Å². The lowest BCUT2D eigenvalue weighted by molar-refractivity contribution is -0.134. The number of amides is 1. The number of sulfone groups is 1. The number of piperidine rings is 1. The van der Waals surface area contributed by atoms with Crippen LogP contribution in [0.25, 0.3) is 0 Å². The summed E-state index contributed by atoms with van der Waals surface area (Å²) in [6, 6.07) is 5.78. The number of benzene rings is 1. The van der Waals surface area contributed by atoms with Crippen molar-refractivity contribution in [1.82, 2.24) is 10.2 Å². The molecule has 9 heteroatoms. The number of methoxy groups -OCH3 is 1. The standard InChI is InChI=1S/C17H26N2O4S2.ClH/c1-19(12-13-5-6-15(24-3)14(11-13)23-2)16(20)17(25(4,21)22)7-9-18-10-8-17;/h5-6,11,18H,7-10,12H2,1-4H3;1H. The molecule has 0 unspecified atom stereocenters. The molecule has 148 valence electrons. The van der Waals surface area contributed by atoms with Crippen LogP contribution in [-0.4, -0.2) is 63.7 Å². The molecule has 0 bridgehead atoms. The minimum atomic E-state index is -3.51. The first-order valence-corrected chi connectivity index (χ1v) is 11.2.